The van der Waals surface area contributed by atoms with Gasteiger partial charge in [-0.25, -0.2) is 4.57 Å². The van der Waals surface area contributed by atoms with Gasteiger partial charge in [-0.3, -0.25) is 18.6 Å². The van der Waals surface area contributed by atoms with E-state index in [1.54, 1.807) is 0 Å². The van der Waals surface area contributed by atoms with Crippen LogP contribution in [0.4, 0.5) is 0 Å². The van der Waals surface area contributed by atoms with Gasteiger partial charge in [0.05, 0.1) is 27.7 Å². The molecule has 0 radical (unpaired) electrons. The maximum atomic E-state index is 12.8. The Kier molecular flexibility index (Phi) is 46.3. The van der Waals surface area contributed by atoms with Crippen LogP contribution in [0.5, 0.6) is 0 Å². The number of esters is 2. The molecule has 68 heavy (non-hydrogen) atoms. The van der Waals surface area contributed by atoms with Crippen molar-refractivity contribution in [3.8, 4) is 0 Å². The fourth-order valence-electron chi connectivity index (χ4n) is 6.68. The Labute approximate surface area is 416 Å². The molecule has 0 aromatic heterocycles. The number of unbranched alkanes of at least 4 members (excludes halogenated alkanes) is 15. The van der Waals surface area contributed by atoms with Crippen molar-refractivity contribution in [1.29, 1.82) is 0 Å². The first-order chi connectivity index (χ1) is 33.0. The summed E-state index contributed by atoms with van der Waals surface area (Å²) >= 11 is 0. The molecule has 0 aliphatic heterocycles. The van der Waals surface area contributed by atoms with Gasteiger partial charge in [-0.05, 0) is 96.3 Å². The first-order valence-electron chi connectivity index (χ1n) is 26.6. The second-order valence-corrected chi connectivity index (χ2v) is 20.0. The van der Waals surface area contributed by atoms with Crippen molar-refractivity contribution in [2.45, 2.75) is 200 Å². The number of carbonyl (C=O) groups excluding carboxylic acids is 2. The van der Waals surface area contributed by atoms with Crippen molar-refractivity contribution < 1.29 is 42.1 Å². The van der Waals surface area contributed by atoms with Crippen LogP contribution in [0, 0.1) is 0 Å². The monoisotopic (exact) mass is 969 g/mol. The molecule has 0 fully saturated rings. The molecule has 0 heterocycles. The Hall–Kier alpha value is -3.33. The normalized spacial score (nSPS) is 14.3. The number of phosphoric ester groups is 1. The van der Waals surface area contributed by atoms with E-state index in [1.165, 1.54) is 38.5 Å². The third-order valence-electron chi connectivity index (χ3n) is 10.8. The number of allylic oxidation sites excluding steroid dienone is 18. The molecule has 0 saturated carbocycles. The maximum Gasteiger partial charge on any atom is 0.472 e. The highest BCUT2D eigenvalue weighted by atomic mass is 31.2. The summed E-state index contributed by atoms with van der Waals surface area (Å²) in [7, 11) is 1.45. The van der Waals surface area contributed by atoms with E-state index in [4.69, 9.17) is 18.5 Å². The number of ether oxygens (including phenoxy) is 2. The number of hydrogen-bond donors (Lipinski definition) is 1. The third kappa shape index (κ3) is 52.0. The zero-order chi connectivity index (χ0) is 49.9. The van der Waals surface area contributed by atoms with Crippen LogP contribution in [-0.4, -0.2) is 74.9 Å². The minimum atomic E-state index is -4.39. The summed E-state index contributed by atoms with van der Waals surface area (Å²) < 4.78 is 34.4. The van der Waals surface area contributed by atoms with Gasteiger partial charge >= 0.3 is 19.8 Å². The lowest BCUT2D eigenvalue weighted by Crippen LogP contribution is -2.37. The summed E-state index contributed by atoms with van der Waals surface area (Å²) in [6, 6.07) is 0. The van der Waals surface area contributed by atoms with Gasteiger partial charge in [-0.2, -0.15) is 0 Å². The first-order valence-corrected chi connectivity index (χ1v) is 28.1. The smallest absolute Gasteiger partial charge is 0.462 e. The van der Waals surface area contributed by atoms with E-state index < -0.39 is 26.5 Å². The predicted octanol–water partition coefficient (Wildman–Crippen LogP) is 16.2. The standard InChI is InChI=1S/C58H98NO8P/c1-6-8-10-12-14-16-18-20-21-22-23-24-25-26-27-28-29-30-31-32-33-34-35-36-37-39-41-43-45-47-49-51-58(61)67-56(55-66-68(62,63)65-53-52-59(3,4)5)54-64-57(60)50-48-46-44-42-40-38-19-17-15-13-11-9-7-2/h8,10-11,13-14,16-17,19-21,23-24,26-27,29-30,32-33,56H,6-7,9,12,15,18,22,25,28,31,34-55H2,1-5H3/p+1/b10-8-,13-11-,16-14-,19-17-,21-20-,24-23-,27-26-,30-29-,33-32-. The highest BCUT2D eigenvalue weighted by Crippen LogP contribution is 2.43. The Balaban J connectivity index is 4.20. The van der Waals surface area contributed by atoms with E-state index in [0.717, 1.165) is 116 Å². The molecule has 0 rings (SSSR count). The third-order valence-corrected chi connectivity index (χ3v) is 11.8. The minimum Gasteiger partial charge on any atom is -0.462 e. The average molecular weight is 969 g/mol. The number of phosphoric acid groups is 1. The van der Waals surface area contributed by atoms with Crippen molar-refractivity contribution in [1.82, 2.24) is 0 Å². The van der Waals surface area contributed by atoms with Crippen LogP contribution in [0.1, 0.15) is 194 Å². The second kappa shape index (κ2) is 48.7. The number of nitrogens with zero attached hydrogens (tertiary/aromatic N) is 1. The van der Waals surface area contributed by atoms with Crippen LogP contribution in [0.2, 0.25) is 0 Å². The summed E-state index contributed by atoms with van der Waals surface area (Å²) in [5, 5.41) is 0. The van der Waals surface area contributed by atoms with Crippen molar-refractivity contribution in [3.63, 3.8) is 0 Å². The van der Waals surface area contributed by atoms with E-state index >= 15 is 0 Å². The summed E-state index contributed by atoms with van der Waals surface area (Å²) in [5.41, 5.74) is 0. The summed E-state index contributed by atoms with van der Waals surface area (Å²) in [6.45, 7) is 4.21. The molecular formula is C58H99NO8P+. The SMILES string of the molecule is CC/C=C\C/C=C\C/C=C\C/C=C\C/C=C\C/C=C\C/C=C\CCCCCCCCCCCC(=O)OC(COC(=O)CCCCCCC/C=C\C/C=C\CCC)COP(=O)(O)OCC[N+](C)(C)C. The van der Waals surface area contributed by atoms with Crippen LogP contribution in [-0.2, 0) is 32.7 Å². The van der Waals surface area contributed by atoms with Crippen molar-refractivity contribution in [2.24, 2.45) is 0 Å². The molecule has 0 aliphatic rings. The van der Waals surface area contributed by atoms with E-state index in [9.17, 15) is 19.0 Å². The van der Waals surface area contributed by atoms with Gasteiger partial charge in [0.2, 0.25) is 0 Å². The molecule has 1 N–H and O–H groups in total. The van der Waals surface area contributed by atoms with Crippen LogP contribution in [0.3, 0.4) is 0 Å². The summed E-state index contributed by atoms with van der Waals surface area (Å²) in [4.78, 5) is 35.5. The van der Waals surface area contributed by atoms with Crippen LogP contribution in [0.25, 0.3) is 0 Å². The highest BCUT2D eigenvalue weighted by Gasteiger charge is 2.27. The van der Waals surface area contributed by atoms with E-state index in [1.807, 2.05) is 21.1 Å². The number of rotatable bonds is 47. The van der Waals surface area contributed by atoms with Crippen LogP contribution < -0.4 is 0 Å². The van der Waals surface area contributed by atoms with Gasteiger partial charge in [-0.1, -0.05) is 194 Å². The molecule has 0 spiro atoms. The molecule has 0 saturated heterocycles. The Morgan fingerprint density at radius 3 is 1.25 bits per heavy atom. The first kappa shape index (κ1) is 64.7. The number of likely N-dealkylation sites (N-methyl/N-ethyl adjacent to an activating group) is 1. The molecule has 10 heteroatoms. The topological polar surface area (TPSA) is 108 Å². The molecule has 2 atom stereocenters. The molecule has 0 aromatic rings. The van der Waals surface area contributed by atoms with E-state index in [0.29, 0.717) is 23.9 Å². The highest BCUT2D eigenvalue weighted by molar-refractivity contribution is 7.47. The fraction of sp³-hybridized carbons (Fsp3) is 0.655. The minimum absolute atomic E-state index is 0.0224. The molecule has 0 bridgehead atoms. The van der Waals surface area contributed by atoms with E-state index in [-0.39, 0.29) is 32.0 Å². The Morgan fingerprint density at radius 2 is 0.838 bits per heavy atom. The molecule has 0 aliphatic carbocycles. The molecular weight excluding hydrogens is 870 g/mol. The molecule has 0 amide bonds. The van der Waals surface area contributed by atoms with Gasteiger partial charge in [-0.15, -0.1) is 0 Å². The van der Waals surface area contributed by atoms with Gasteiger partial charge in [0, 0.05) is 12.8 Å². The lowest BCUT2D eigenvalue weighted by Gasteiger charge is -2.24. The van der Waals surface area contributed by atoms with Gasteiger partial charge < -0.3 is 18.9 Å². The summed E-state index contributed by atoms with van der Waals surface area (Å²) in [6.07, 6.45) is 67.2. The largest absolute Gasteiger partial charge is 0.472 e. The van der Waals surface area contributed by atoms with E-state index in [2.05, 4.69) is 123 Å². The number of quaternary nitrogens is 1. The molecule has 0 aromatic carbocycles. The zero-order valence-electron chi connectivity index (χ0n) is 43.8. The molecule has 388 valence electrons. The van der Waals surface area contributed by atoms with Crippen molar-refractivity contribution in [3.05, 3.63) is 109 Å². The molecule has 2 unspecified atom stereocenters. The van der Waals surface area contributed by atoms with Crippen LogP contribution in [0.15, 0.2) is 109 Å². The maximum absolute atomic E-state index is 12.8. The van der Waals surface area contributed by atoms with Gasteiger partial charge in [0.15, 0.2) is 6.10 Å². The average Bonchev–Trinajstić information content (AvgIpc) is 3.30. The lowest BCUT2D eigenvalue weighted by molar-refractivity contribution is -0.870. The quantitative estimate of drug-likeness (QED) is 0.0211. The van der Waals surface area contributed by atoms with Gasteiger partial charge in [0.1, 0.15) is 19.8 Å². The number of hydrogen-bond acceptors (Lipinski definition) is 7. The lowest BCUT2D eigenvalue weighted by atomic mass is 10.1. The van der Waals surface area contributed by atoms with Crippen LogP contribution >= 0.6 is 7.82 Å². The number of carbonyl (C=O) groups is 2. The zero-order valence-corrected chi connectivity index (χ0v) is 44.7. The predicted molar refractivity (Wildman–Crippen MR) is 288 cm³/mol. The Bertz CT molecular complexity index is 1520. The second-order valence-electron chi connectivity index (χ2n) is 18.5. The fourth-order valence-corrected chi connectivity index (χ4v) is 7.42. The van der Waals surface area contributed by atoms with Crippen molar-refractivity contribution >= 4 is 19.8 Å². The van der Waals surface area contributed by atoms with Crippen molar-refractivity contribution in [2.75, 3.05) is 47.5 Å². The van der Waals surface area contributed by atoms with Gasteiger partial charge in [0.25, 0.3) is 0 Å². The Morgan fingerprint density at radius 1 is 0.471 bits per heavy atom. The molecule has 9 nitrogen and oxygen atoms in total. The summed E-state index contributed by atoms with van der Waals surface area (Å²) in [5.74, 6) is -0.830.